The first-order chi connectivity index (χ1) is 13.9. The highest BCUT2D eigenvalue weighted by Crippen LogP contribution is 2.43. The van der Waals surface area contributed by atoms with E-state index in [9.17, 15) is 23.1 Å². The molecule has 1 atom stereocenters. The summed E-state index contributed by atoms with van der Waals surface area (Å²) in [7, 11) is 0. The second-order valence-corrected chi connectivity index (χ2v) is 7.93. The van der Waals surface area contributed by atoms with Crippen molar-refractivity contribution in [1.29, 1.82) is 0 Å². The smallest absolute Gasteiger partial charge is 0.381 e. The molecule has 10 heteroatoms. The molecule has 0 spiro atoms. The number of nitrogens with one attached hydrogen (secondary N) is 2. The van der Waals surface area contributed by atoms with Crippen LogP contribution in [0.15, 0.2) is 30.3 Å². The molecular formula is C20H20Cl3F3N2O2. The Balaban J connectivity index is 2.25. The molecule has 0 aliphatic rings. The van der Waals surface area contributed by atoms with Crippen LogP contribution in [0, 0.1) is 6.92 Å². The number of aryl methyl sites for hydroxylation is 1. The van der Waals surface area contributed by atoms with E-state index < -0.39 is 23.9 Å². The van der Waals surface area contributed by atoms with Crippen molar-refractivity contribution in [3.63, 3.8) is 0 Å². The molecule has 0 aliphatic heterocycles. The summed E-state index contributed by atoms with van der Waals surface area (Å²) >= 11 is 17.5. The van der Waals surface area contributed by atoms with Gasteiger partial charge in [0.1, 0.15) is 0 Å². The van der Waals surface area contributed by atoms with E-state index in [1.807, 2.05) is 0 Å². The van der Waals surface area contributed by atoms with Crippen molar-refractivity contribution < 1.29 is 23.1 Å². The molecule has 1 amide bonds. The summed E-state index contributed by atoms with van der Waals surface area (Å²) in [6.45, 7) is 2.94. The Bertz CT molecular complexity index is 915. The summed E-state index contributed by atoms with van der Waals surface area (Å²) < 4.78 is 41.3. The molecule has 4 nitrogen and oxygen atoms in total. The van der Waals surface area contributed by atoms with E-state index in [-0.39, 0.29) is 21.0 Å². The first-order valence-corrected chi connectivity index (χ1v) is 10.1. The lowest BCUT2D eigenvalue weighted by atomic mass is 9.92. The van der Waals surface area contributed by atoms with Crippen LogP contribution >= 0.6 is 34.8 Å². The van der Waals surface area contributed by atoms with Gasteiger partial charge in [0, 0.05) is 18.7 Å². The zero-order valence-corrected chi connectivity index (χ0v) is 18.4. The molecule has 2 aromatic carbocycles. The van der Waals surface area contributed by atoms with Gasteiger partial charge in [0.15, 0.2) is 0 Å². The van der Waals surface area contributed by atoms with E-state index in [0.29, 0.717) is 18.7 Å². The van der Waals surface area contributed by atoms with Crippen LogP contribution in [0.2, 0.25) is 15.1 Å². The highest BCUT2D eigenvalue weighted by atomic mass is 35.5. The zero-order chi connectivity index (χ0) is 22.7. The van der Waals surface area contributed by atoms with E-state index >= 15 is 0 Å². The van der Waals surface area contributed by atoms with Gasteiger partial charge in [0.25, 0.3) is 0 Å². The van der Waals surface area contributed by atoms with Gasteiger partial charge in [-0.15, -0.1) is 0 Å². The van der Waals surface area contributed by atoms with E-state index in [1.54, 1.807) is 32.0 Å². The number of amides is 1. The monoisotopic (exact) mass is 482 g/mol. The number of carbonyl (C=O) groups excluding carboxylic acids is 1. The average molecular weight is 484 g/mol. The summed E-state index contributed by atoms with van der Waals surface area (Å²) in [6.07, 6.45) is -4.66. The SMILES string of the molecule is CCC(=O)NCc1ccc(NC[C@@](O)(c2cc(Cl)c(Cl)c(Cl)c2)C(F)(F)F)cc1C. The molecule has 2 rings (SSSR count). The quantitative estimate of drug-likeness (QED) is 0.433. The first-order valence-electron chi connectivity index (χ1n) is 8.93. The summed E-state index contributed by atoms with van der Waals surface area (Å²) in [4.78, 5) is 11.4. The third-order valence-electron chi connectivity index (χ3n) is 4.62. The predicted molar refractivity (Wildman–Crippen MR) is 113 cm³/mol. The fraction of sp³-hybridized carbons (Fsp3) is 0.350. The van der Waals surface area contributed by atoms with Gasteiger partial charge in [-0.3, -0.25) is 4.79 Å². The largest absolute Gasteiger partial charge is 0.423 e. The molecule has 0 fully saturated rings. The lowest BCUT2D eigenvalue weighted by Crippen LogP contribution is -2.47. The molecular weight excluding hydrogens is 464 g/mol. The van der Waals surface area contributed by atoms with Gasteiger partial charge < -0.3 is 15.7 Å². The Morgan fingerprint density at radius 2 is 1.70 bits per heavy atom. The van der Waals surface area contributed by atoms with Gasteiger partial charge in [-0.25, -0.2) is 0 Å². The van der Waals surface area contributed by atoms with Crippen LogP contribution < -0.4 is 10.6 Å². The van der Waals surface area contributed by atoms with E-state index in [1.165, 1.54) is 0 Å². The number of alkyl halides is 3. The summed E-state index contributed by atoms with van der Waals surface area (Å²) in [5.74, 6) is -0.105. The molecule has 164 valence electrons. The van der Waals surface area contributed by atoms with E-state index in [4.69, 9.17) is 34.8 Å². The molecule has 0 bridgehead atoms. The molecule has 0 radical (unpaired) electrons. The number of hydrogen-bond donors (Lipinski definition) is 3. The van der Waals surface area contributed by atoms with Crippen molar-refractivity contribution in [2.75, 3.05) is 11.9 Å². The fourth-order valence-corrected chi connectivity index (χ4v) is 3.31. The highest BCUT2D eigenvalue weighted by molar-refractivity contribution is 6.48. The summed E-state index contributed by atoms with van der Waals surface area (Å²) in [5.41, 5.74) is -1.83. The van der Waals surface area contributed by atoms with Gasteiger partial charge in [0.05, 0.1) is 21.6 Å². The second-order valence-electron chi connectivity index (χ2n) is 6.74. The molecule has 0 aliphatic carbocycles. The van der Waals surface area contributed by atoms with Crippen LogP contribution in [0.5, 0.6) is 0 Å². The fourth-order valence-electron chi connectivity index (χ4n) is 2.71. The number of benzene rings is 2. The standard InChI is InChI=1S/C20H20Cl3F3N2O2/c1-3-17(29)27-9-12-4-5-14(6-11(12)2)28-10-19(30,20(24,25)26)13-7-15(21)18(23)16(22)8-13/h4-8,28,30H,3,9-10H2,1-2H3,(H,27,29)/t19-/m1/s1. The molecule has 0 saturated carbocycles. The highest BCUT2D eigenvalue weighted by Gasteiger charge is 2.55. The van der Waals surface area contributed by atoms with Gasteiger partial charge in [0.2, 0.25) is 11.5 Å². The average Bonchev–Trinajstić information content (AvgIpc) is 2.67. The molecule has 0 saturated heterocycles. The molecule has 0 aromatic heterocycles. The molecule has 0 heterocycles. The number of anilines is 1. The van der Waals surface area contributed by atoms with Crippen LogP contribution in [0.1, 0.15) is 30.0 Å². The number of halogens is 6. The van der Waals surface area contributed by atoms with Gasteiger partial charge in [-0.05, 0) is 47.9 Å². The lowest BCUT2D eigenvalue weighted by Gasteiger charge is -2.32. The predicted octanol–water partition coefficient (Wildman–Crippen LogP) is 5.84. The Morgan fingerprint density at radius 3 is 2.20 bits per heavy atom. The minimum absolute atomic E-state index is 0.0963. The van der Waals surface area contributed by atoms with Crippen LogP contribution in [-0.4, -0.2) is 23.7 Å². The van der Waals surface area contributed by atoms with Crippen LogP contribution in [-0.2, 0) is 16.9 Å². The number of hydrogen-bond acceptors (Lipinski definition) is 3. The van der Waals surface area contributed by atoms with Crippen LogP contribution in [0.3, 0.4) is 0 Å². The lowest BCUT2D eigenvalue weighted by molar-refractivity contribution is -0.260. The summed E-state index contributed by atoms with van der Waals surface area (Å²) in [5, 5.41) is 15.4. The topological polar surface area (TPSA) is 61.4 Å². The summed E-state index contributed by atoms with van der Waals surface area (Å²) in [6, 6.07) is 6.77. The maximum absolute atomic E-state index is 13.8. The third-order valence-corrected chi connectivity index (χ3v) is 5.82. The van der Waals surface area contributed by atoms with Crippen molar-refractivity contribution in [3.8, 4) is 0 Å². The number of aliphatic hydroxyl groups is 1. The van der Waals surface area contributed by atoms with Crippen molar-refractivity contribution in [1.82, 2.24) is 5.32 Å². The van der Waals surface area contributed by atoms with Gasteiger partial charge in [-0.1, -0.05) is 47.8 Å². The minimum atomic E-state index is -5.01. The Kier molecular flexibility index (Phi) is 7.91. The van der Waals surface area contributed by atoms with Crippen LogP contribution in [0.4, 0.5) is 18.9 Å². The minimum Gasteiger partial charge on any atom is -0.381 e. The van der Waals surface area contributed by atoms with Crippen molar-refractivity contribution in [3.05, 3.63) is 62.1 Å². The maximum atomic E-state index is 13.8. The molecule has 30 heavy (non-hydrogen) atoms. The van der Waals surface area contributed by atoms with Crippen molar-refractivity contribution in [2.24, 2.45) is 0 Å². The van der Waals surface area contributed by atoms with Crippen molar-refractivity contribution >= 4 is 46.4 Å². The first kappa shape index (κ1) is 24.6. The maximum Gasteiger partial charge on any atom is 0.423 e. The van der Waals surface area contributed by atoms with Gasteiger partial charge >= 0.3 is 6.18 Å². The zero-order valence-electron chi connectivity index (χ0n) is 16.1. The molecule has 0 unspecified atom stereocenters. The molecule has 3 N–H and O–H groups in total. The van der Waals surface area contributed by atoms with E-state index in [0.717, 1.165) is 23.3 Å². The number of carbonyl (C=O) groups is 1. The Labute approximate surface area is 187 Å². The van der Waals surface area contributed by atoms with Crippen molar-refractivity contribution in [2.45, 2.75) is 38.6 Å². The Morgan fingerprint density at radius 1 is 1.10 bits per heavy atom. The van der Waals surface area contributed by atoms with Gasteiger partial charge in [-0.2, -0.15) is 13.2 Å². The normalized spacial score (nSPS) is 13.6. The molecule has 2 aromatic rings. The number of rotatable bonds is 7. The van der Waals surface area contributed by atoms with E-state index in [2.05, 4.69) is 10.6 Å². The second kappa shape index (κ2) is 9.64. The third kappa shape index (κ3) is 5.52. The van der Waals surface area contributed by atoms with Crippen LogP contribution in [0.25, 0.3) is 0 Å². The Hall–Kier alpha value is -1.67.